The standard InChI is InChI=1S/C13H18N2O3/c1-13(2)8-9-4-3-5-10(12(9)18-13)17-7-6-11(16)15-14/h3-5H,6-8,14H2,1-2H3,(H,15,16). The van der Waals surface area contributed by atoms with Crippen molar-refractivity contribution < 1.29 is 14.3 Å². The van der Waals surface area contributed by atoms with Crippen molar-refractivity contribution in [3.05, 3.63) is 23.8 Å². The summed E-state index contributed by atoms with van der Waals surface area (Å²) in [5, 5.41) is 0. The fraction of sp³-hybridized carbons (Fsp3) is 0.462. The topological polar surface area (TPSA) is 73.6 Å². The Bertz CT molecular complexity index is 458. The number of para-hydroxylation sites is 1. The molecule has 18 heavy (non-hydrogen) atoms. The van der Waals surface area contributed by atoms with Gasteiger partial charge in [-0.25, -0.2) is 5.84 Å². The van der Waals surface area contributed by atoms with E-state index in [0.717, 1.165) is 17.7 Å². The zero-order chi connectivity index (χ0) is 13.2. The van der Waals surface area contributed by atoms with Crippen LogP contribution in [0.3, 0.4) is 0 Å². The van der Waals surface area contributed by atoms with Gasteiger partial charge >= 0.3 is 0 Å². The number of benzene rings is 1. The second-order valence-electron chi connectivity index (χ2n) is 4.95. The van der Waals surface area contributed by atoms with Crippen LogP contribution in [-0.4, -0.2) is 18.1 Å². The molecule has 2 rings (SSSR count). The van der Waals surface area contributed by atoms with Gasteiger partial charge in [0.1, 0.15) is 5.60 Å². The SMILES string of the molecule is CC1(C)Cc2cccc(OCCC(=O)NN)c2O1. The number of carbonyl (C=O) groups is 1. The molecule has 3 N–H and O–H groups in total. The van der Waals surface area contributed by atoms with Gasteiger partial charge in [0.2, 0.25) is 5.91 Å². The minimum absolute atomic E-state index is 0.198. The third-order valence-corrected chi connectivity index (χ3v) is 2.80. The van der Waals surface area contributed by atoms with E-state index in [0.29, 0.717) is 5.75 Å². The molecule has 0 aliphatic carbocycles. The highest BCUT2D eigenvalue weighted by Crippen LogP contribution is 2.41. The molecule has 1 aromatic rings. The second kappa shape index (κ2) is 4.86. The number of hydrogen-bond acceptors (Lipinski definition) is 4. The molecule has 0 spiro atoms. The molecule has 1 amide bonds. The zero-order valence-corrected chi connectivity index (χ0v) is 10.7. The number of hydrazine groups is 1. The quantitative estimate of drug-likeness (QED) is 0.478. The Kier molecular flexibility index (Phi) is 3.43. The Morgan fingerprint density at radius 3 is 3.06 bits per heavy atom. The molecule has 5 heteroatoms. The molecule has 0 aromatic heterocycles. The summed E-state index contributed by atoms with van der Waals surface area (Å²) >= 11 is 0. The van der Waals surface area contributed by atoms with Crippen molar-refractivity contribution in [3.8, 4) is 11.5 Å². The van der Waals surface area contributed by atoms with E-state index in [-0.39, 0.29) is 24.5 Å². The second-order valence-corrected chi connectivity index (χ2v) is 4.95. The summed E-state index contributed by atoms with van der Waals surface area (Å²) in [6, 6.07) is 5.81. The van der Waals surface area contributed by atoms with Crippen molar-refractivity contribution in [1.82, 2.24) is 5.43 Å². The van der Waals surface area contributed by atoms with Gasteiger partial charge in [0, 0.05) is 12.0 Å². The highest BCUT2D eigenvalue weighted by Gasteiger charge is 2.32. The lowest BCUT2D eigenvalue weighted by molar-refractivity contribution is -0.121. The molecular formula is C13H18N2O3. The van der Waals surface area contributed by atoms with Crippen molar-refractivity contribution in [2.75, 3.05) is 6.61 Å². The summed E-state index contributed by atoms with van der Waals surface area (Å²) in [5.74, 6) is 6.22. The lowest BCUT2D eigenvalue weighted by Crippen LogP contribution is -2.31. The van der Waals surface area contributed by atoms with Crippen LogP contribution < -0.4 is 20.7 Å². The predicted molar refractivity (Wildman–Crippen MR) is 67.3 cm³/mol. The molecule has 98 valence electrons. The van der Waals surface area contributed by atoms with Gasteiger partial charge in [0.25, 0.3) is 0 Å². The molecule has 1 heterocycles. The number of carbonyl (C=O) groups excluding carboxylic acids is 1. The molecule has 5 nitrogen and oxygen atoms in total. The number of amides is 1. The van der Waals surface area contributed by atoms with Gasteiger partial charge in [-0.2, -0.15) is 0 Å². The van der Waals surface area contributed by atoms with E-state index in [1.807, 2.05) is 32.0 Å². The Balaban J connectivity index is 2.03. The Labute approximate surface area is 106 Å². The maximum atomic E-state index is 11.0. The monoisotopic (exact) mass is 250 g/mol. The summed E-state index contributed by atoms with van der Waals surface area (Å²) in [6.45, 7) is 4.36. The van der Waals surface area contributed by atoms with Crippen LogP contribution in [0.15, 0.2) is 18.2 Å². The van der Waals surface area contributed by atoms with E-state index in [1.54, 1.807) is 0 Å². The van der Waals surface area contributed by atoms with Crippen LogP contribution in [-0.2, 0) is 11.2 Å². The molecule has 0 saturated heterocycles. The fourth-order valence-corrected chi connectivity index (χ4v) is 2.03. The summed E-state index contributed by atoms with van der Waals surface area (Å²) in [5.41, 5.74) is 3.01. The smallest absolute Gasteiger partial charge is 0.237 e. The van der Waals surface area contributed by atoms with Gasteiger partial charge in [0.15, 0.2) is 11.5 Å². The number of nitrogens with two attached hydrogens (primary N) is 1. The van der Waals surface area contributed by atoms with E-state index in [1.165, 1.54) is 0 Å². The van der Waals surface area contributed by atoms with Gasteiger partial charge < -0.3 is 9.47 Å². The molecule has 0 atom stereocenters. The largest absolute Gasteiger partial charge is 0.489 e. The predicted octanol–water partition coefficient (Wildman–Crippen LogP) is 1.16. The minimum atomic E-state index is -0.246. The first-order valence-electron chi connectivity index (χ1n) is 5.95. The van der Waals surface area contributed by atoms with Crippen LogP contribution in [0.1, 0.15) is 25.8 Å². The molecule has 0 saturated carbocycles. The molecule has 1 aliphatic heterocycles. The van der Waals surface area contributed by atoms with Gasteiger partial charge in [-0.3, -0.25) is 10.2 Å². The van der Waals surface area contributed by atoms with E-state index < -0.39 is 0 Å². The summed E-state index contributed by atoms with van der Waals surface area (Å²) < 4.78 is 11.4. The lowest BCUT2D eigenvalue weighted by atomic mass is 10.0. The highest BCUT2D eigenvalue weighted by molar-refractivity contribution is 5.75. The highest BCUT2D eigenvalue weighted by atomic mass is 16.5. The van der Waals surface area contributed by atoms with E-state index in [9.17, 15) is 4.79 Å². The number of nitrogens with one attached hydrogen (secondary N) is 1. The average Bonchev–Trinajstić information content (AvgIpc) is 2.63. The van der Waals surface area contributed by atoms with E-state index in [4.69, 9.17) is 15.3 Å². The van der Waals surface area contributed by atoms with Crippen LogP contribution in [0.2, 0.25) is 0 Å². The van der Waals surface area contributed by atoms with Crippen LogP contribution in [0, 0.1) is 0 Å². The maximum absolute atomic E-state index is 11.0. The molecule has 0 bridgehead atoms. The summed E-state index contributed by atoms with van der Waals surface area (Å²) in [7, 11) is 0. The van der Waals surface area contributed by atoms with Crippen molar-refractivity contribution in [2.24, 2.45) is 5.84 Å². The van der Waals surface area contributed by atoms with Crippen molar-refractivity contribution in [3.63, 3.8) is 0 Å². The molecule has 0 unspecified atom stereocenters. The molecular weight excluding hydrogens is 232 g/mol. The van der Waals surface area contributed by atoms with Crippen molar-refractivity contribution >= 4 is 5.91 Å². The zero-order valence-electron chi connectivity index (χ0n) is 10.7. The Morgan fingerprint density at radius 2 is 2.33 bits per heavy atom. The number of rotatable bonds is 4. The fourth-order valence-electron chi connectivity index (χ4n) is 2.03. The first kappa shape index (κ1) is 12.7. The average molecular weight is 250 g/mol. The Morgan fingerprint density at radius 1 is 1.56 bits per heavy atom. The van der Waals surface area contributed by atoms with Crippen LogP contribution in [0.5, 0.6) is 11.5 Å². The normalized spacial score (nSPS) is 15.7. The van der Waals surface area contributed by atoms with Crippen molar-refractivity contribution in [1.29, 1.82) is 0 Å². The van der Waals surface area contributed by atoms with E-state index in [2.05, 4.69) is 5.43 Å². The van der Waals surface area contributed by atoms with Crippen LogP contribution in [0.4, 0.5) is 0 Å². The third-order valence-electron chi connectivity index (χ3n) is 2.80. The molecule has 0 radical (unpaired) electrons. The summed E-state index contributed by atoms with van der Waals surface area (Å²) in [4.78, 5) is 11.0. The van der Waals surface area contributed by atoms with Gasteiger partial charge in [0.05, 0.1) is 13.0 Å². The van der Waals surface area contributed by atoms with Gasteiger partial charge in [-0.05, 0) is 19.9 Å². The molecule has 1 aromatic carbocycles. The molecule has 0 fully saturated rings. The third kappa shape index (κ3) is 2.73. The Hall–Kier alpha value is -1.75. The minimum Gasteiger partial charge on any atom is -0.489 e. The number of hydrogen-bond donors (Lipinski definition) is 2. The van der Waals surface area contributed by atoms with Crippen LogP contribution in [0.25, 0.3) is 0 Å². The van der Waals surface area contributed by atoms with Gasteiger partial charge in [-0.15, -0.1) is 0 Å². The first-order valence-corrected chi connectivity index (χ1v) is 5.95. The van der Waals surface area contributed by atoms with Crippen LogP contribution >= 0.6 is 0 Å². The molecule has 1 aliphatic rings. The van der Waals surface area contributed by atoms with Crippen molar-refractivity contribution in [2.45, 2.75) is 32.3 Å². The maximum Gasteiger partial charge on any atom is 0.237 e. The lowest BCUT2D eigenvalue weighted by Gasteiger charge is -2.18. The first-order chi connectivity index (χ1) is 8.52. The van der Waals surface area contributed by atoms with E-state index >= 15 is 0 Å². The number of ether oxygens (including phenoxy) is 2. The summed E-state index contributed by atoms with van der Waals surface area (Å²) in [6.07, 6.45) is 1.09. The number of fused-ring (bicyclic) bond motifs is 1. The van der Waals surface area contributed by atoms with Gasteiger partial charge in [-0.1, -0.05) is 12.1 Å².